The van der Waals surface area contributed by atoms with Crippen molar-refractivity contribution in [2.24, 2.45) is 0 Å². The van der Waals surface area contributed by atoms with Crippen LogP contribution in [0.5, 0.6) is 0 Å². The molecule has 262 valence electrons. The lowest BCUT2D eigenvalue weighted by Gasteiger charge is -2.22. The largest absolute Gasteiger partial charge is 0.135 e. The average molecular weight is 729 g/mol. The molecule has 0 fully saturated rings. The Morgan fingerprint density at radius 1 is 0.339 bits per heavy atom. The molecule has 0 N–H and O–H groups in total. The standard InChI is InChI=1S/C55H36S/c1-55(2)48-26-24-39(30-45(48)46-31-47-51(32-49(46)55)56-50-27-25-34-14-6-7-15-40(34)54(47)50)53-43-18-10-8-16-41(43)52(42-17-9-11-19-44(42)53)38-23-22-36-28-35(20-21-37(36)29-38)33-12-4-3-5-13-33/h3-32H,1-2H3. The lowest BCUT2D eigenvalue weighted by Crippen LogP contribution is -2.14. The Balaban J connectivity index is 1.06. The Kier molecular flexibility index (Phi) is 6.66. The third-order valence-electron chi connectivity index (χ3n) is 12.6. The van der Waals surface area contributed by atoms with Crippen LogP contribution < -0.4 is 0 Å². The Morgan fingerprint density at radius 2 is 0.875 bits per heavy atom. The van der Waals surface area contributed by atoms with E-state index in [1.165, 1.54) is 119 Å². The first kappa shape index (κ1) is 31.8. The number of hydrogen-bond acceptors (Lipinski definition) is 1. The van der Waals surface area contributed by atoms with Gasteiger partial charge in [0.2, 0.25) is 0 Å². The van der Waals surface area contributed by atoms with Crippen molar-refractivity contribution in [1.82, 2.24) is 0 Å². The fourth-order valence-corrected chi connectivity index (χ4v) is 11.0. The Hall–Kier alpha value is -6.54. The molecule has 0 amide bonds. The molecule has 1 heteroatoms. The normalized spacial score (nSPS) is 13.3. The Labute approximate surface area is 329 Å². The predicted molar refractivity (Wildman–Crippen MR) is 243 cm³/mol. The van der Waals surface area contributed by atoms with Crippen LogP contribution in [0.25, 0.3) is 108 Å². The van der Waals surface area contributed by atoms with E-state index in [1.54, 1.807) is 0 Å². The van der Waals surface area contributed by atoms with Gasteiger partial charge in [0.25, 0.3) is 0 Å². The lowest BCUT2D eigenvalue weighted by molar-refractivity contribution is 0.661. The van der Waals surface area contributed by atoms with E-state index in [4.69, 9.17) is 0 Å². The molecule has 10 aromatic carbocycles. The van der Waals surface area contributed by atoms with Crippen LogP contribution in [-0.4, -0.2) is 0 Å². The van der Waals surface area contributed by atoms with E-state index >= 15 is 0 Å². The second-order valence-electron chi connectivity index (χ2n) is 16.0. The van der Waals surface area contributed by atoms with Crippen LogP contribution in [0, 0.1) is 0 Å². The first-order valence-electron chi connectivity index (χ1n) is 19.6. The van der Waals surface area contributed by atoms with Crippen molar-refractivity contribution >= 4 is 74.6 Å². The molecular formula is C55H36S. The summed E-state index contributed by atoms with van der Waals surface area (Å²) in [5.74, 6) is 0. The molecular weight excluding hydrogens is 693 g/mol. The summed E-state index contributed by atoms with van der Waals surface area (Å²) in [4.78, 5) is 0. The van der Waals surface area contributed by atoms with Gasteiger partial charge < -0.3 is 0 Å². The summed E-state index contributed by atoms with van der Waals surface area (Å²) in [5, 5.41) is 13.0. The number of hydrogen-bond donors (Lipinski definition) is 0. The minimum absolute atomic E-state index is 0.0957. The third kappa shape index (κ3) is 4.53. The average Bonchev–Trinajstić information content (AvgIpc) is 3.72. The molecule has 0 bridgehead atoms. The van der Waals surface area contributed by atoms with Gasteiger partial charge in [-0.3, -0.25) is 0 Å². The van der Waals surface area contributed by atoms with Crippen molar-refractivity contribution in [3.8, 4) is 44.5 Å². The van der Waals surface area contributed by atoms with Gasteiger partial charge in [-0.2, -0.15) is 0 Å². The molecule has 56 heavy (non-hydrogen) atoms. The van der Waals surface area contributed by atoms with Gasteiger partial charge in [0.15, 0.2) is 0 Å². The number of thiophene rings is 1. The molecule has 1 heterocycles. The summed E-state index contributed by atoms with van der Waals surface area (Å²) in [6.45, 7) is 4.80. The van der Waals surface area contributed by atoms with Crippen molar-refractivity contribution in [3.63, 3.8) is 0 Å². The van der Waals surface area contributed by atoms with Crippen molar-refractivity contribution in [2.45, 2.75) is 19.3 Å². The second-order valence-corrected chi connectivity index (χ2v) is 17.1. The highest BCUT2D eigenvalue weighted by atomic mass is 32.1. The molecule has 0 atom stereocenters. The maximum Gasteiger partial charge on any atom is 0.0361 e. The quantitative estimate of drug-likeness (QED) is 0.159. The number of rotatable bonds is 3. The fourth-order valence-electron chi connectivity index (χ4n) is 9.91. The van der Waals surface area contributed by atoms with Gasteiger partial charge in [-0.05, 0) is 135 Å². The molecule has 0 unspecified atom stereocenters. The van der Waals surface area contributed by atoms with Gasteiger partial charge in [-0.25, -0.2) is 0 Å². The highest BCUT2D eigenvalue weighted by Gasteiger charge is 2.36. The molecule has 0 radical (unpaired) electrons. The molecule has 0 spiro atoms. The van der Waals surface area contributed by atoms with Gasteiger partial charge in [0.05, 0.1) is 0 Å². The maximum atomic E-state index is 2.51. The van der Waals surface area contributed by atoms with E-state index in [2.05, 4.69) is 196 Å². The first-order valence-corrected chi connectivity index (χ1v) is 20.4. The van der Waals surface area contributed by atoms with E-state index in [0.29, 0.717) is 0 Å². The van der Waals surface area contributed by atoms with Crippen LogP contribution in [0.3, 0.4) is 0 Å². The number of benzene rings is 10. The van der Waals surface area contributed by atoms with E-state index in [-0.39, 0.29) is 5.41 Å². The number of fused-ring (bicyclic) bond motifs is 11. The van der Waals surface area contributed by atoms with Crippen molar-refractivity contribution in [1.29, 1.82) is 0 Å². The Morgan fingerprint density at radius 3 is 1.57 bits per heavy atom. The van der Waals surface area contributed by atoms with Gasteiger partial charge >= 0.3 is 0 Å². The molecule has 11 aromatic rings. The van der Waals surface area contributed by atoms with Crippen molar-refractivity contribution in [2.75, 3.05) is 0 Å². The summed E-state index contributed by atoms with van der Waals surface area (Å²) in [6, 6.07) is 68.3. The minimum Gasteiger partial charge on any atom is -0.135 e. The highest BCUT2D eigenvalue weighted by Crippen LogP contribution is 2.54. The van der Waals surface area contributed by atoms with Crippen molar-refractivity contribution < 1.29 is 0 Å². The van der Waals surface area contributed by atoms with Crippen LogP contribution in [0.4, 0.5) is 0 Å². The molecule has 0 aliphatic heterocycles. The predicted octanol–water partition coefficient (Wildman–Crippen LogP) is 16.0. The highest BCUT2D eigenvalue weighted by molar-refractivity contribution is 7.26. The molecule has 1 aliphatic rings. The van der Waals surface area contributed by atoms with Gasteiger partial charge in [-0.15, -0.1) is 11.3 Å². The third-order valence-corrected chi connectivity index (χ3v) is 13.7. The minimum atomic E-state index is -0.0957. The zero-order valence-corrected chi connectivity index (χ0v) is 32.0. The summed E-state index contributed by atoms with van der Waals surface area (Å²) in [7, 11) is 0. The first-order chi connectivity index (χ1) is 27.5. The van der Waals surface area contributed by atoms with Crippen LogP contribution in [-0.2, 0) is 5.41 Å². The van der Waals surface area contributed by atoms with Gasteiger partial charge in [0, 0.05) is 25.6 Å². The summed E-state index contributed by atoms with van der Waals surface area (Å²) < 4.78 is 2.73. The van der Waals surface area contributed by atoms with Crippen molar-refractivity contribution in [3.05, 3.63) is 193 Å². The van der Waals surface area contributed by atoms with E-state index in [9.17, 15) is 0 Å². The summed E-state index contributed by atoms with van der Waals surface area (Å²) >= 11 is 1.92. The molecule has 12 rings (SSSR count). The van der Waals surface area contributed by atoms with E-state index in [1.807, 2.05) is 11.3 Å². The van der Waals surface area contributed by atoms with E-state index < -0.39 is 0 Å². The van der Waals surface area contributed by atoms with E-state index in [0.717, 1.165) is 0 Å². The lowest BCUT2D eigenvalue weighted by atomic mass is 9.81. The molecule has 0 nitrogen and oxygen atoms in total. The van der Waals surface area contributed by atoms with Crippen LogP contribution in [0.1, 0.15) is 25.0 Å². The Bertz CT molecular complexity index is 3380. The van der Waals surface area contributed by atoms with Crippen LogP contribution >= 0.6 is 11.3 Å². The smallest absolute Gasteiger partial charge is 0.0361 e. The fraction of sp³-hybridized carbons (Fsp3) is 0.0545. The zero-order valence-electron chi connectivity index (χ0n) is 31.2. The van der Waals surface area contributed by atoms with Gasteiger partial charge in [-0.1, -0.05) is 159 Å². The van der Waals surface area contributed by atoms with Crippen LogP contribution in [0.15, 0.2) is 182 Å². The SMILES string of the molecule is CC1(C)c2ccc(-c3c4ccccc4c(-c4ccc5cc(-c6ccccc6)ccc5c4)c4ccccc34)cc2-c2cc3c(cc21)sc1ccc2ccccc2c13. The molecule has 1 aromatic heterocycles. The maximum absolute atomic E-state index is 2.51. The second kappa shape index (κ2) is 11.7. The van der Waals surface area contributed by atoms with Crippen LogP contribution in [0.2, 0.25) is 0 Å². The monoisotopic (exact) mass is 728 g/mol. The topological polar surface area (TPSA) is 0 Å². The zero-order chi connectivity index (χ0) is 37.1. The molecule has 0 saturated carbocycles. The summed E-state index contributed by atoms with van der Waals surface area (Å²) in [6.07, 6.45) is 0. The molecule has 0 saturated heterocycles. The molecule has 1 aliphatic carbocycles. The van der Waals surface area contributed by atoms with Gasteiger partial charge in [0.1, 0.15) is 0 Å². The summed E-state index contributed by atoms with van der Waals surface area (Å²) in [5.41, 5.74) is 13.0.